The lowest BCUT2D eigenvalue weighted by molar-refractivity contribution is -0.156. The van der Waals surface area contributed by atoms with Gasteiger partial charge in [0.15, 0.2) is 0 Å². The van der Waals surface area contributed by atoms with E-state index in [2.05, 4.69) is 10.6 Å². The topological polar surface area (TPSA) is 85.9 Å². The van der Waals surface area contributed by atoms with Gasteiger partial charge >= 0.3 is 5.97 Å². The van der Waals surface area contributed by atoms with Gasteiger partial charge in [0, 0.05) is 6.54 Å². The summed E-state index contributed by atoms with van der Waals surface area (Å²) in [6.45, 7) is 1.88. The number of carbonyl (C=O) groups is 2. The molecule has 1 fully saturated rings. The van der Waals surface area contributed by atoms with Gasteiger partial charge in [-0.3, -0.25) is 4.79 Å². The van der Waals surface area contributed by atoms with Crippen molar-refractivity contribution in [2.75, 3.05) is 46.6 Å². The summed E-state index contributed by atoms with van der Waals surface area (Å²) in [5.41, 5.74) is 0. The number of likely N-dealkylation sites (N-methyl/N-ethyl adjacent to an activating group) is 1. The minimum Gasteiger partial charge on any atom is -0.461 e. The Balaban J connectivity index is 1.86. The maximum Gasteiger partial charge on any atom is 0.332 e. The Kier molecular flexibility index (Phi) is 10.6. The molecule has 7 heteroatoms. The van der Waals surface area contributed by atoms with E-state index in [0.29, 0.717) is 32.9 Å². The van der Waals surface area contributed by atoms with Crippen LogP contribution in [0.25, 0.3) is 0 Å². The van der Waals surface area contributed by atoms with Crippen LogP contribution in [-0.2, 0) is 23.8 Å². The first-order chi connectivity index (χ1) is 10.7. The van der Waals surface area contributed by atoms with Gasteiger partial charge in [-0.25, -0.2) is 4.79 Å². The van der Waals surface area contributed by atoms with E-state index in [1.807, 2.05) is 0 Å². The fourth-order valence-corrected chi connectivity index (χ4v) is 2.26. The number of hydrogen-bond donors (Lipinski definition) is 2. The van der Waals surface area contributed by atoms with Gasteiger partial charge in [-0.15, -0.1) is 0 Å². The van der Waals surface area contributed by atoms with E-state index in [4.69, 9.17) is 14.2 Å². The van der Waals surface area contributed by atoms with Gasteiger partial charge in [0.05, 0.1) is 26.4 Å². The second kappa shape index (κ2) is 12.4. The Bertz CT molecular complexity index is 319. The molecule has 0 heterocycles. The molecule has 1 saturated carbocycles. The van der Waals surface area contributed by atoms with Crippen LogP contribution in [-0.4, -0.2) is 64.5 Å². The molecule has 1 amide bonds. The van der Waals surface area contributed by atoms with Gasteiger partial charge < -0.3 is 24.8 Å². The fraction of sp³-hybridized carbons (Fsp3) is 0.867. The molecule has 2 N–H and O–H groups in total. The standard InChI is InChI=1S/C15H28N2O5/c1-16-11-14(18)17-7-8-20-9-10-21-12-15(19)22-13-5-3-2-4-6-13/h13,16H,2-12H2,1H3,(H,17,18). The van der Waals surface area contributed by atoms with Crippen LogP contribution in [0.2, 0.25) is 0 Å². The Morgan fingerprint density at radius 2 is 1.77 bits per heavy atom. The molecule has 0 aromatic carbocycles. The summed E-state index contributed by atoms with van der Waals surface area (Å²) < 4.78 is 15.8. The highest BCUT2D eigenvalue weighted by atomic mass is 16.6. The molecular weight excluding hydrogens is 288 g/mol. The molecule has 0 atom stereocenters. The van der Waals surface area contributed by atoms with Crippen molar-refractivity contribution in [3.05, 3.63) is 0 Å². The first-order valence-electron chi connectivity index (χ1n) is 7.98. The molecule has 0 saturated heterocycles. The van der Waals surface area contributed by atoms with E-state index in [1.54, 1.807) is 7.05 Å². The number of amides is 1. The molecule has 0 unspecified atom stereocenters. The zero-order valence-electron chi connectivity index (χ0n) is 13.4. The molecule has 0 aromatic heterocycles. The number of rotatable bonds is 11. The smallest absolute Gasteiger partial charge is 0.332 e. The van der Waals surface area contributed by atoms with E-state index < -0.39 is 0 Å². The van der Waals surface area contributed by atoms with Gasteiger partial charge in [-0.1, -0.05) is 6.42 Å². The number of hydrogen-bond acceptors (Lipinski definition) is 6. The van der Waals surface area contributed by atoms with Gasteiger partial charge in [-0.05, 0) is 32.7 Å². The predicted molar refractivity (Wildman–Crippen MR) is 81.5 cm³/mol. The van der Waals surface area contributed by atoms with E-state index >= 15 is 0 Å². The van der Waals surface area contributed by atoms with Crippen LogP contribution >= 0.6 is 0 Å². The highest BCUT2D eigenvalue weighted by Gasteiger charge is 2.17. The lowest BCUT2D eigenvalue weighted by Gasteiger charge is -2.21. The third kappa shape index (κ3) is 9.70. The predicted octanol–water partition coefficient (Wildman–Crippen LogP) is 0.231. The average molecular weight is 316 g/mol. The molecular formula is C15H28N2O5. The highest BCUT2D eigenvalue weighted by Crippen LogP contribution is 2.20. The third-order valence-corrected chi connectivity index (χ3v) is 3.35. The quantitative estimate of drug-likeness (QED) is 0.419. The van der Waals surface area contributed by atoms with Crippen molar-refractivity contribution in [3.8, 4) is 0 Å². The van der Waals surface area contributed by atoms with Crippen LogP contribution in [0.15, 0.2) is 0 Å². The molecule has 22 heavy (non-hydrogen) atoms. The van der Waals surface area contributed by atoms with Crippen LogP contribution in [0.1, 0.15) is 32.1 Å². The summed E-state index contributed by atoms with van der Waals surface area (Å²) in [7, 11) is 1.71. The van der Waals surface area contributed by atoms with Crippen molar-refractivity contribution >= 4 is 11.9 Å². The van der Waals surface area contributed by atoms with Crippen LogP contribution < -0.4 is 10.6 Å². The Hall–Kier alpha value is -1.18. The van der Waals surface area contributed by atoms with Crippen molar-refractivity contribution in [3.63, 3.8) is 0 Å². The van der Waals surface area contributed by atoms with Crippen molar-refractivity contribution in [1.29, 1.82) is 0 Å². The minimum absolute atomic E-state index is 0.0290. The van der Waals surface area contributed by atoms with Gasteiger partial charge in [0.2, 0.25) is 5.91 Å². The summed E-state index contributed by atoms with van der Waals surface area (Å²) in [5, 5.41) is 5.46. The fourth-order valence-electron chi connectivity index (χ4n) is 2.26. The van der Waals surface area contributed by atoms with Crippen LogP contribution in [0, 0.1) is 0 Å². The third-order valence-electron chi connectivity index (χ3n) is 3.35. The zero-order valence-corrected chi connectivity index (χ0v) is 13.4. The lowest BCUT2D eigenvalue weighted by atomic mass is 9.98. The van der Waals surface area contributed by atoms with Gasteiger partial charge in [-0.2, -0.15) is 0 Å². The van der Waals surface area contributed by atoms with Crippen molar-refractivity contribution in [2.45, 2.75) is 38.2 Å². The van der Waals surface area contributed by atoms with Crippen molar-refractivity contribution in [2.24, 2.45) is 0 Å². The maximum atomic E-state index is 11.5. The van der Waals surface area contributed by atoms with Crippen molar-refractivity contribution in [1.82, 2.24) is 10.6 Å². The van der Waals surface area contributed by atoms with E-state index in [9.17, 15) is 9.59 Å². The largest absolute Gasteiger partial charge is 0.461 e. The van der Waals surface area contributed by atoms with Gasteiger partial charge in [0.1, 0.15) is 12.7 Å². The number of nitrogens with one attached hydrogen (secondary N) is 2. The Morgan fingerprint density at radius 3 is 2.50 bits per heavy atom. The summed E-state index contributed by atoms with van der Waals surface area (Å²) in [6.07, 6.45) is 5.51. The zero-order chi connectivity index (χ0) is 16.0. The highest BCUT2D eigenvalue weighted by molar-refractivity contribution is 5.77. The number of carbonyl (C=O) groups excluding carboxylic acids is 2. The molecule has 128 valence electrons. The molecule has 0 radical (unpaired) electrons. The van der Waals surface area contributed by atoms with Crippen molar-refractivity contribution < 1.29 is 23.8 Å². The molecule has 0 aromatic rings. The monoisotopic (exact) mass is 316 g/mol. The van der Waals surface area contributed by atoms with Gasteiger partial charge in [0.25, 0.3) is 0 Å². The number of esters is 1. The van der Waals surface area contributed by atoms with Crippen LogP contribution in [0.4, 0.5) is 0 Å². The normalized spacial score (nSPS) is 15.5. The second-order valence-electron chi connectivity index (χ2n) is 5.30. The van der Waals surface area contributed by atoms with Crippen LogP contribution in [0.3, 0.4) is 0 Å². The molecule has 1 rings (SSSR count). The average Bonchev–Trinajstić information content (AvgIpc) is 2.51. The minimum atomic E-state index is -0.300. The number of ether oxygens (including phenoxy) is 3. The van der Waals surface area contributed by atoms with E-state index in [0.717, 1.165) is 25.7 Å². The molecule has 1 aliphatic rings. The first kappa shape index (κ1) is 18.9. The van der Waals surface area contributed by atoms with E-state index in [-0.39, 0.29) is 24.6 Å². The Morgan fingerprint density at radius 1 is 1.05 bits per heavy atom. The SMILES string of the molecule is CNCC(=O)NCCOCCOCC(=O)OC1CCCCC1. The lowest BCUT2D eigenvalue weighted by Crippen LogP contribution is -2.34. The summed E-state index contributed by atoms with van der Waals surface area (Å²) in [5.74, 6) is -0.362. The summed E-state index contributed by atoms with van der Waals surface area (Å²) in [4.78, 5) is 22.7. The summed E-state index contributed by atoms with van der Waals surface area (Å²) >= 11 is 0. The second-order valence-corrected chi connectivity index (χ2v) is 5.30. The molecule has 7 nitrogen and oxygen atoms in total. The van der Waals surface area contributed by atoms with Crippen LogP contribution in [0.5, 0.6) is 0 Å². The molecule has 0 bridgehead atoms. The first-order valence-corrected chi connectivity index (χ1v) is 7.98. The molecule has 0 aliphatic heterocycles. The Labute approximate surface area is 132 Å². The summed E-state index contributed by atoms with van der Waals surface area (Å²) in [6, 6.07) is 0. The van der Waals surface area contributed by atoms with E-state index in [1.165, 1.54) is 6.42 Å². The maximum absolute atomic E-state index is 11.5. The molecule has 1 aliphatic carbocycles. The molecule has 0 spiro atoms.